The van der Waals surface area contributed by atoms with Gasteiger partial charge in [0.05, 0.1) is 32.3 Å². The molecule has 0 unspecified atom stereocenters. The van der Waals surface area contributed by atoms with E-state index in [2.05, 4.69) is 15.9 Å². The third-order valence-electron chi connectivity index (χ3n) is 6.74. The summed E-state index contributed by atoms with van der Waals surface area (Å²) < 4.78 is 133. The first-order valence-electron chi connectivity index (χ1n) is 13.3. The largest absolute Gasteiger partial charge is 0.296 e. The Morgan fingerprint density at radius 3 is 1.63 bits per heavy atom. The highest BCUT2D eigenvalue weighted by atomic mass is 32.2. The summed E-state index contributed by atoms with van der Waals surface area (Å²) in [6.07, 6.45) is 4.12. The number of nitrogens with one attached hydrogen (secondary N) is 2. The zero-order valence-corrected chi connectivity index (χ0v) is 28.8. The summed E-state index contributed by atoms with van der Waals surface area (Å²) in [5.74, 6) is -1.52. The van der Waals surface area contributed by atoms with Gasteiger partial charge in [-0.15, -0.1) is 5.73 Å². The molecule has 4 rings (SSSR count). The molecule has 0 saturated heterocycles. The second kappa shape index (κ2) is 13.4. The summed E-state index contributed by atoms with van der Waals surface area (Å²) in [6, 6.07) is 3.64. The molecule has 24 heteroatoms. The lowest BCUT2D eigenvalue weighted by molar-refractivity contribution is 0.0999. The van der Waals surface area contributed by atoms with Gasteiger partial charge in [0.2, 0.25) is 0 Å². The van der Waals surface area contributed by atoms with Gasteiger partial charge in [-0.3, -0.25) is 47.6 Å². The van der Waals surface area contributed by atoms with Crippen molar-refractivity contribution in [3.63, 3.8) is 0 Å². The first kappa shape index (κ1) is 38.5. The van der Waals surface area contributed by atoms with Crippen LogP contribution >= 0.6 is 0 Å². The van der Waals surface area contributed by atoms with E-state index >= 15 is 0 Å². The van der Waals surface area contributed by atoms with Crippen molar-refractivity contribution in [3.05, 3.63) is 97.5 Å². The van der Waals surface area contributed by atoms with Gasteiger partial charge in [-0.25, -0.2) is 9.36 Å². The Labute approximate surface area is 286 Å². The van der Waals surface area contributed by atoms with Crippen molar-refractivity contribution in [1.29, 1.82) is 0 Å². The molecule has 20 nitrogen and oxygen atoms in total. The molecule has 0 amide bonds. The first-order chi connectivity index (χ1) is 23.3. The smallest absolute Gasteiger partial charge is 0.293 e. The van der Waals surface area contributed by atoms with Crippen molar-refractivity contribution in [2.45, 2.75) is 33.4 Å². The van der Waals surface area contributed by atoms with Crippen LogP contribution in [0.3, 0.4) is 0 Å². The Kier molecular flexibility index (Phi) is 10.1. The number of carbonyl (C=O) groups excluding carboxylic acids is 2. The number of aromatic nitrogens is 4. The van der Waals surface area contributed by atoms with E-state index in [0.717, 1.165) is 50.3 Å². The Balaban J connectivity index is 1.83. The van der Waals surface area contributed by atoms with Crippen molar-refractivity contribution in [3.8, 4) is 11.4 Å². The number of allylic oxidation sites excluding steroid dienone is 2. The molecule has 0 aliphatic heterocycles. The molecule has 0 radical (unpaired) electrons. The number of nitrogens with zero attached hydrogens (tertiary/aromatic N) is 2. The Bertz CT molecular complexity index is 2830. The minimum absolute atomic E-state index is 0.375. The van der Waals surface area contributed by atoms with E-state index in [9.17, 15) is 71.1 Å². The first-order valence-corrected chi connectivity index (χ1v) is 19.1. The van der Waals surface area contributed by atoms with Crippen LogP contribution in [-0.4, -0.2) is 83.0 Å². The van der Waals surface area contributed by atoms with Gasteiger partial charge in [0.15, 0.2) is 11.6 Å². The fourth-order valence-corrected chi connectivity index (χ4v) is 6.93. The second-order valence-corrected chi connectivity index (χ2v) is 15.8. The van der Waals surface area contributed by atoms with Gasteiger partial charge in [0, 0.05) is 13.8 Å². The standard InChI is InChI=1S/C27H22N4O16S4/c1-14(32)24-18(26(34)30(28-24)20-10-8-17(49(39,40)41)13-23(20)51(45,46)47)6-4-3-5-7-19-25(15(2)33)29-31(27(19)35)21-12-16(48(36,37)38)9-11-22(21)50(42,43)44/h3,5-13,28-29H,1-2H3,(H,36,37,38)(H,39,40,41)(H,42,43,44)(H,45,46,47). The van der Waals surface area contributed by atoms with Crippen molar-refractivity contribution in [2.75, 3.05) is 0 Å². The van der Waals surface area contributed by atoms with Crippen LogP contribution in [0.2, 0.25) is 0 Å². The topological polar surface area (TPSA) is 327 Å². The highest BCUT2D eigenvalue weighted by molar-refractivity contribution is 7.87. The number of hydrogen-bond donors (Lipinski definition) is 6. The minimum atomic E-state index is -5.22. The predicted octanol–water partition coefficient (Wildman–Crippen LogP) is 0.918. The maximum absolute atomic E-state index is 13.3. The van der Waals surface area contributed by atoms with Gasteiger partial charge in [0.25, 0.3) is 51.6 Å². The molecule has 2 aromatic carbocycles. The number of benzene rings is 2. The number of hydrogen-bond acceptors (Lipinski definition) is 12. The second-order valence-electron chi connectivity index (χ2n) is 10.2. The third kappa shape index (κ3) is 8.04. The van der Waals surface area contributed by atoms with Gasteiger partial charge in [-0.1, -0.05) is 6.08 Å². The van der Waals surface area contributed by atoms with Crippen LogP contribution < -0.4 is 11.1 Å². The molecule has 6 N–H and O–H groups in total. The molecule has 51 heavy (non-hydrogen) atoms. The predicted molar refractivity (Wildman–Crippen MR) is 174 cm³/mol. The van der Waals surface area contributed by atoms with Crippen molar-refractivity contribution < 1.29 is 61.5 Å². The molecule has 0 aliphatic carbocycles. The van der Waals surface area contributed by atoms with Gasteiger partial charge in [0.1, 0.15) is 21.2 Å². The Morgan fingerprint density at radius 2 is 1.12 bits per heavy atom. The molecule has 270 valence electrons. The average Bonchev–Trinajstić information content (AvgIpc) is 3.51. The minimum Gasteiger partial charge on any atom is -0.293 e. The quantitative estimate of drug-likeness (QED) is 0.0533. The SMILES string of the molecule is CC(=O)c1[nH]n(-c2cc(S(=O)(=O)O)ccc2S(=O)(=O)O)c(=O)c1C=CC=C=Cc1c(C(C)=O)[nH]n(-c2ccc(S(=O)(=O)O)cc2S(=O)(=O)O)c1=O. The highest BCUT2D eigenvalue weighted by Crippen LogP contribution is 2.25. The zero-order valence-electron chi connectivity index (χ0n) is 25.5. The van der Waals surface area contributed by atoms with E-state index in [0.29, 0.717) is 33.6 Å². The molecular weight excluding hydrogens is 765 g/mol. The zero-order chi connectivity index (χ0) is 38.4. The molecule has 0 bridgehead atoms. The van der Waals surface area contributed by atoms with E-state index in [1.165, 1.54) is 0 Å². The molecule has 0 spiro atoms. The maximum atomic E-state index is 13.3. The molecule has 0 atom stereocenters. The monoisotopic (exact) mass is 786 g/mol. The lowest BCUT2D eigenvalue weighted by Crippen LogP contribution is -2.19. The van der Waals surface area contributed by atoms with Crippen LogP contribution in [-0.2, 0) is 40.5 Å². The molecular formula is C27H22N4O16S4. The summed E-state index contributed by atoms with van der Waals surface area (Å²) in [5, 5.41) is 4.65. The fourth-order valence-electron chi connectivity index (χ4n) is 4.49. The van der Waals surface area contributed by atoms with E-state index in [1.54, 1.807) is 0 Å². The van der Waals surface area contributed by atoms with E-state index < -0.39 is 117 Å². The van der Waals surface area contributed by atoms with Crippen molar-refractivity contribution in [1.82, 2.24) is 19.6 Å². The van der Waals surface area contributed by atoms with Crippen molar-refractivity contribution >= 4 is 64.2 Å². The maximum Gasteiger partial charge on any atom is 0.296 e. The molecule has 4 aromatic rings. The lowest BCUT2D eigenvalue weighted by atomic mass is 10.1. The summed E-state index contributed by atoms with van der Waals surface area (Å²) in [6.45, 7) is 2.05. The number of aromatic amines is 2. The number of carbonyl (C=O) groups is 2. The number of rotatable bonds is 11. The lowest BCUT2D eigenvalue weighted by Gasteiger charge is -2.09. The van der Waals surface area contributed by atoms with Crippen LogP contribution in [0, 0.1) is 0 Å². The van der Waals surface area contributed by atoms with Crippen LogP contribution in [0.25, 0.3) is 23.5 Å². The molecule has 2 heterocycles. The summed E-state index contributed by atoms with van der Waals surface area (Å²) in [7, 11) is -20.2. The summed E-state index contributed by atoms with van der Waals surface area (Å²) >= 11 is 0. The third-order valence-corrected chi connectivity index (χ3v) is 10.2. The number of Topliss-reactive ketones (excluding diaryl/α,β-unsaturated/α-hetero) is 2. The Hall–Kier alpha value is -5.30. The van der Waals surface area contributed by atoms with Gasteiger partial charge in [-0.05, 0) is 54.6 Å². The fraction of sp³-hybridized carbons (Fsp3) is 0.0741. The summed E-state index contributed by atoms with van der Waals surface area (Å²) in [4.78, 5) is 47.3. The number of H-pyrrole nitrogens is 2. The van der Waals surface area contributed by atoms with E-state index in [1.807, 2.05) is 0 Å². The van der Waals surface area contributed by atoms with Gasteiger partial charge < -0.3 is 0 Å². The van der Waals surface area contributed by atoms with Gasteiger partial charge >= 0.3 is 0 Å². The van der Waals surface area contributed by atoms with E-state index in [-0.39, 0.29) is 0 Å². The molecule has 0 saturated carbocycles. The average molecular weight is 787 g/mol. The number of ketones is 2. The molecule has 0 aliphatic rings. The van der Waals surface area contributed by atoms with Crippen LogP contribution in [0.4, 0.5) is 0 Å². The molecule has 2 aromatic heterocycles. The van der Waals surface area contributed by atoms with Crippen LogP contribution in [0.15, 0.2) is 83.5 Å². The Morgan fingerprint density at radius 1 is 0.647 bits per heavy atom. The van der Waals surface area contributed by atoms with Crippen LogP contribution in [0.1, 0.15) is 46.0 Å². The van der Waals surface area contributed by atoms with Gasteiger partial charge in [-0.2, -0.15) is 33.7 Å². The van der Waals surface area contributed by atoms with Crippen molar-refractivity contribution in [2.24, 2.45) is 0 Å². The van der Waals surface area contributed by atoms with Crippen LogP contribution in [0.5, 0.6) is 0 Å². The molecule has 0 fully saturated rings. The highest BCUT2D eigenvalue weighted by Gasteiger charge is 2.26. The normalized spacial score (nSPS) is 12.5. The summed E-state index contributed by atoms with van der Waals surface area (Å²) in [5.41, 5.74) is -2.81. The van der Waals surface area contributed by atoms with E-state index in [4.69, 9.17) is 0 Å².